The summed E-state index contributed by atoms with van der Waals surface area (Å²) in [6.45, 7) is 3.97. The first-order valence-electron chi connectivity index (χ1n) is 8.63. The summed E-state index contributed by atoms with van der Waals surface area (Å²) in [6.07, 6.45) is 0.699. The lowest BCUT2D eigenvalue weighted by Crippen LogP contribution is -2.38. The van der Waals surface area contributed by atoms with Crippen LogP contribution in [0.3, 0.4) is 0 Å². The Balaban J connectivity index is 1.91. The third-order valence-electron chi connectivity index (χ3n) is 4.23. The number of carbonyl (C=O) groups is 1. The minimum Gasteiger partial charge on any atom is -0.394 e. The maximum absolute atomic E-state index is 13.5. The van der Waals surface area contributed by atoms with E-state index in [4.69, 9.17) is 0 Å². The Bertz CT molecular complexity index is 920. The van der Waals surface area contributed by atoms with E-state index in [1.807, 2.05) is 13.8 Å². The van der Waals surface area contributed by atoms with Crippen molar-refractivity contribution in [2.75, 3.05) is 6.61 Å². The van der Waals surface area contributed by atoms with Gasteiger partial charge >= 0.3 is 0 Å². The van der Waals surface area contributed by atoms with Gasteiger partial charge in [-0.15, -0.1) is 0 Å². The Labute approximate surface area is 151 Å². The number of benzene rings is 2. The second-order valence-corrected chi connectivity index (χ2v) is 6.83. The van der Waals surface area contributed by atoms with E-state index in [1.165, 1.54) is 12.1 Å². The average Bonchev–Trinajstić information content (AvgIpc) is 3.03. The summed E-state index contributed by atoms with van der Waals surface area (Å²) in [5.74, 6) is -0.228. The van der Waals surface area contributed by atoms with E-state index < -0.39 is 0 Å². The number of carbonyl (C=O) groups excluding carboxylic acids is 1. The molecule has 3 aromatic rings. The van der Waals surface area contributed by atoms with Crippen LogP contribution < -0.4 is 5.32 Å². The second kappa shape index (κ2) is 7.66. The molecule has 3 N–H and O–H groups in total. The van der Waals surface area contributed by atoms with Crippen molar-refractivity contribution in [3.05, 3.63) is 53.8 Å². The SMILES string of the molecule is CC(C)CC(CO)NC(=O)c1ccc2[nH]nc(-c3cccc(F)c3)c2c1. The maximum Gasteiger partial charge on any atom is 0.251 e. The van der Waals surface area contributed by atoms with Gasteiger partial charge in [0.15, 0.2) is 0 Å². The van der Waals surface area contributed by atoms with Crippen LogP contribution in [0.4, 0.5) is 4.39 Å². The van der Waals surface area contributed by atoms with Gasteiger partial charge in [-0.3, -0.25) is 9.89 Å². The quantitative estimate of drug-likeness (QED) is 0.633. The lowest BCUT2D eigenvalue weighted by Gasteiger charge is -2.18. The first-order chi connectivity index (χ1) is 12.5. The van der Waals surface area contributed by atoms with Gasteiger partial charge < -0.3 is 10.4 Å². The number of fused-ring (bicyclic) bond motifs is 1. The fraction of sp³-hybridized carbons (Fsp3) is 0.300. The van der Waals surface area contributed by atoms with E-state index in [-0.39, 0.29) is 24.4 Å². The number of aromatic amines is 1. The van der Waals surface area contributed by atoms with Gasteiger partial charge in [-0.05, 0) is 42.7 Å². The van der Waals surface area contributed by atoms with Crippen LogP contribution in [0.2, 0.25) is 0 Å². The number of nitrogens with one attached hydrogen (secondary N) is 2. The van der Waals surface area contributed by atoms with E-state index >= 15 is 0 Å². The van der Waals surface area contributed by atoms with Crippen LogP contribution >= 0.6 is 0 Å². The summed E-state index contributed by atoms with van der Waals surface area (Å²) in [6, 6.07) is 11.1. The molecule has 136 valence electrons. The average molecular weight is 355 g/mol. The smallest absolute Gasteiger partial charge is 0.251 e. The van der Waals surface area contributed by atoms with Crippen LogP contribution in [-0.2, 0) is 0 Å². The Kier molecular flexibility index (Phi) is 5.32. The summed E-state index contributed by atoms with van der Waals surface area (Å²) in [4.78, 5) is 12.6. The molecule has 0 bridgehead atoms. The molecule has 0 fully saturated rings. The maximum atomic E-state index is 13.5. The lowest BCUT2D eigenvalue weighted by atomic mass is 10.0. The van der Waals surface area contributed by atoms with E-state index in [9.17, 15) is 14.3 Å². The molecule has 1 heterocycles. The summed E-state index contributed by atoms with van der Waals surface area (Å²) in [7, 11) is 0. The van der Waals surface area contributed by atoms with Crippen LogP contribution in [-0.4, -0.2) is 33.9 Å². The molecule has 0 saturated carbocycles. The zero-order chi connectivity index (χ0) is 18.7. The second-order valence-electron chi connectivity index (χ2n) is 6.83. The number of aromatic nitrogens is 2. The van der Waals surface area contributed by atoms with Crippen molar-refractivity contribution in [1.29, 1.82) is 0 Å². The molecule has 1 aromatic heterocycles. The van der Waals surface area contributed by atoms with E-state index in [0.717, 1.165) is 10.9 Å². The fourth-order valence-corrected chi connectivity index (χ4v) is 3.03. The van der Waals surface area contributed by atoms with Crippen molar-refractivity contribution in [2.45, 2.75) is 26.3 Å². The standard InChI is InChI=1S/C20H22FN3O2/c1-12(2)8-16(11-25)22-20(26)14-6-7-18-17(10-14)19(24-23-18)13-4-3-5-15(21)9-13/h3-7,9-10,12,16,25H,8,11H2,1-2H3,(H,22,26)(H,23,24). The molecule has 1 atom stereocenters. The fourth-order valence-electron chi connectivity index (χ4n) is 3.03. The topological polar surface area (TPSA) is 78.0 Å². The Hall–Kier alpha value is -2.73. The Morgan fingerprint density at radius 3 is 2.77 bits per heavy atom. The first kappa shape index (κ1) is 18.1. The Morgan fingerprint density at radius 2 is 2.08 bits per heavy atom. The predicted molar refractivity (Wildman–Crippen MR) is 99.3 cm³/mol. The zero-order valence-corrected chi connectivity index (χ0v) is 14.8. The molecule has 0 aliphatic rings. The molecule has 0 aliphatic heterocycles. The van der Waals surface area contributed by atoms with Crippen LogP contribution in [0.5, 0.6) is 0 Å². The summed E-state index contributed by atoms with van der Waals surface area (Å²) in [5.41, 5.74) is 2.47. The van der Waals surface area contributed by atoms with Crippen LogP contribution in [0.15, 0.2) is 42.5 Å². The molecule has 0 saturated heterocycles. The van der Waals surface area contributed by atoms with Gasteiger partial charge in [0.25, 0.3) is 5.91 Å². The van der Waals surface area contributed by atoms with Crippen molar-refractivity contribution in [2.24, 2.45) is 5.92 Å². The van der Waals surface area contributed by atoms with Gasteiger partial charge in [0.1, 0.15) is 11.5 Å². The number of aliphatic hydroxyl groups is 1. The number of hydrogen-bond acceptors (Lipinski definition) is 3. The lowest BCUT2D eigenvalue weighted by molar-refractivity contribution is 0.0908. The number of rotatable bonds is 6. The molecular formula is C20H22FN3O2. The van der Waals surface area contributed by atoms with E-state index in [1.54, 1.807) is 30.3 Å². The zero-order valence-electron chi connectivity index (χ0n) is 14.8. The normalized spacial score (nSPS) is 12.5. The van der Waals surface area contributed by atoms with Gasteiger partial charge in [0, 0.05) is 16.5 Å². The summed E-state index contributed by atoms with van der Waals surface area (Å²) in [5, 5.41) is 20.2. The highest BCUT2D eigenvalue weighted by atomic mass is 19.1. The van der Waals surface area contributed by atoms with Crippen LogP contribution in [0, 0.1) is 11.7 Å². The highest BCUT2D eigenvalue weighted by molar-refractivity contribution is 6.01. The number of amides is 1. The molecule has 0 radical (unpaired) electrons. The highest BCUT2D eigenvalue weighted by Crippen LogP contribution is 2.27. The molecular weight excluding hydrogens is 333 g/mol. The highest BCUT2D eigenvalue weighted by Gasteiger charge is 2.16. The minimum absolute atomic E-state index is 0.105. The van der Waals surface area contributed by atoms with E-state index in [0.29, 0.717) is 29.2 Å². The molecule has 5 nitrogen and oxygen atoms in total. The van der Waals surface area contributed by atoms with Crippen LogP contribution in [0.25, 0.3) is 22.2 Å². The molecule has 6 heteroatoms. The first-order valence-corrected chi connectivity index (χ1v) is 8.63. The number of H-pyrrole nitrogens is 1. The molecule has 0 aliphatic carbocycles. The number of aliphatic hydroxyl groups excluding tert-OH is 1. The molecule has 1 amide bonds. The summed E-state index contributed by atoms with van der Waals surface area (Å²) >= 11 is 0. The van der Waals surface area contributed by atoms with Gasteiger partial charge in [-0.2, -0.15) is 5.10 Å². The third-order valence-corrected chi connectivity index (χ3v) is 4.23. The summed E-state index contributed by atoms with van der Waals surface area (Å²) < 4.78 is 13.5. The molecule has 26 heavy (non-hydrogen) atoms. The van der Waals surface area contributed by atoms with Crippen molar-refractivity contribution < 1.29 is 14.3 Å². The van der Waals surface area contributed by atoms with Crippen molar-refractivity contribution in [3.8, 4) is 11.3 Å². The van der Waals surface area contributed by atoms with Gasteiger partial charge in [0.2, 0.25) is 0 Å². The van der Waals surface area contributed by atoms with Crippen molar-refractivity contribution in [3.63, 3.8) is 0 Å². The number of halogens is 1. The van der Waals surface area contributed by atoms with Crippen LogP contribution in [0.1, 0.15) is 30.6 Å². The molecule has 0 spiro atoms. The van der Waals surface area contributed by atoms with Gasteiger partial charge in [-0.1, -0.05) is 26.0 Å². The minimum atomic E-state index is -0.341. The van der Waals surface area contributed by atoms with Gasteiger partial charge in [-0.25, -0.2) is 4.39 Å². The van der Waals surface area contributed by atoms with Crippen molar-refractivity contribution >= 4 is 16.8 Å². The molecule has 2 aromatic carbocycles. The third kappa shape index (κ3) is 3.91. The van der Waals surface area contributed by atoms with Gasteiger partial charge in [0.05, 0.1) is 18.2 Å². The monoisotopic (exact) mass is 355 g/mol. The number of hydrogen-bond donors (Lipinski definition) is 3. The largest absolute Gasteiger partial charge is 0.394 e. The molecule has 1 unspecified atom stereocenters. The Morgan fingerprint density at radius 1 is 1.27 bits per heavy atom. The molecule has 3 rings (SSSR count). The predicted octanol–water partition coefficient (Wildman–Crippen LogP) is 3.51. The van der Waals surface area contributed by atoms with E-state index in [2.05, 4.69) is 15.5 Å². The van der Waals surface area contributed by atoms with Crippen molar-refractivity contribution in [1.82, 2.24) is 15.5 Å². The number of nitrogens with zero attached hydrogens (tertiary/aromatic N) is 1.